The van der Waals surface area contributed by atoms with Crippen LogP contribution in [0.1, 0.15) is 39.6 Å². The number of sulfone groups is 1. The number of nitrogens with one attached hydrogen (secondary N) is 2. The van der Waals surface area contributed by atoms with Crippen LogP contribution in [0.4, 0.5) is 13.2 Å². The highest BCUT2D eigenvalue weighted by Gasteiger charge is 2.32. The maximum Gasteiger partial charge on any atom is 0.573 e. The molecule has 16 heteroatoms. The molecule has 2 N–H and O–H groups in total. The second-order valence-corrected chi connectivity index (χ2v) is 9.09. The topological polar surface area (TPSA) is 158 Å². The van der Waals surface area contributed by atoms with Crippen molar-refractivity contribution < 1.29 is 35.9 Å². The highest BCUT2D eigenvalue weighted by molar-refractivity contribution is 7.90. The molecule has 0 bridgehead atoms. The van der Waals surface area contributed by atoms with E-state index in [9.17, 15) is 31.2 Å². The molecule has 0 aliphatic rings. The third-order valence-electron chi connectivity index (χ3n) is 4.44. The number of carbonyl (C=O) groups excluding carboxylic acids is 2. The van der Waals surface area contributed by atoms with Crippen molar-refractivity contribution in [1.29, 1.82) is 0 Å². The van der Waals surface area contributed by atoms with Crippen LogP contribution in [0.3, 0.4) is 0 Å². The van der Waals surface area contributed by atoms with Crippen LogP contribution in [0.25, 0.3) is 5.82 Å². The van der Waals surface area contributed by atoms with Crippen LogP contribution in [-0.4, -0.2) is 64.6 Å². The standard InChI is InChI=1S/C19H18F3N7O5S/c1-10(16-26-9-27-29(16)15-7-14(18(31)23-2)24-8-25-15)28-17(30)11-4-12(34-19(20,21)22)6-13(5-11)35(3,32)33/h4-10H,1-3H3,(H,23,31)(H,28,30)/t10-/m0/s1. The SMILES string of the molecule is CNC(=O)c1cc(-n2ncnc2[C@H](C)NC(=O)c2cc(OC(F)(F)F)cc(S(C)(=O)=O)c2)ncn1. The van der Waals surface area contributed by atoms with Gasteiger partial charge in [0.05, 0.1) is 10.9 Å². The Balaban J connectivity index is 1.91. The van der Waals surface area contributed by atoms with Gasteiger partial charge in [-0.1, -0.05) is 0 Å². The van der Waals surface area contributed by atoms with Crippen LogP contribution in [0.5, 0.6) is 5.75 Å². The number of amides is 2. The number of ether oxygens (including phenoxy) is 1. The van der Waals surface area contributed by atoms with Gasteiger partial charge in [0.2, 0.25) is 0 Å². The van der Waals surface area contributed by atoms with E-state index in [1.165, 1.54) is 31.0 Å². The summed E-state index contributed by atoms with van der Waals surface area (Å²) in [5.41, 5.74) is -0.348. The molecule has 186 valence electrons. The fourth-order valence-corrected chi connectivity index (χ4v) is 3.56. The van der Waals surface area contributed by atoms with Crippen LogP contribution < -0.4 is 15.4 Å². The molecule has 1 atom stereocenters. The van der Waals surface area contributed by atoms with Crippen LogP contribution in [-0.2, 0) is 9.84 Å². The Bertz CT molecular complexity index is 1380. The monoisotopic (exact) mass is 513 g/mol. The predicted octanol–water partition coefficient (Wildman–Crippen LogP) is 1.21. The number of rotatable bonds is 7. The van der Waals surface area contributed by atoms with E-state index >= 15 is 0 Å². The molecule has 2 aromatic heterocycles. The lowest BCUT2D eigenvalue weighted by atomic mass is 10.2. The molecule has 0 fully saturated rings. The lowest BCUT2D eigenvalue weighted by molar-refractivity contribution is -0.274. The van der Waals surface area contributed by atoms with Gasteiger partial charge in [0.25, 0.3) is 11.8 Å². The van der Waals surface area contributed by atoms with E-state index in [0.717, 1.165) is 24.7 Å². The molecule has 12 nitrogen and oxygen atoms in total. The molecule has 1 aromatic carbocycles. The van der Waals surface area contributed by atoms with Gasteiger partial charge in [-0.05, 0) is 25.1 Å². The van der Waals surface area contributed by atoms with E-state index in [4.69, 9.17) is 0 Å². The molecule has 0 spiro atoms. The summed E-state index contributed by atoms with van der Waals surface area (Å²) in [6, 6.07) is 2.80. The first-order chi connectivity index (χ1) is 16.3. The molecule has 35 heavy (non-hydrogen) atoms. The first-order valence-corrected chi connectivity index (χ1v) is 11.5. The first kappa shape index (κ1) is 25.5. The third-order valence-corrected chi connectivity index (χ3v) is 5.53. The average molecular weight is 513 g/mol. The number of nitrogens with zero attached hydrogens (tertiary/aromatic N) is 5. The lowest BCUT2D eigenvalue weighted by Crippen LogP contribution is -2.29. The maximum atomic E-state index is 12.8. The van der Waals surface area contributed by atoms with E-state index in [2.05, 4.69) is 35.4 Å². The molecule has 3 rings (SSSR count). The minimum absolute atomic E-state index is 0.0467. The molecule has 0 saturated heterocycles. The zero-order valence-electron chi connectivity index (χ0n) is 18.4. The molecular weight excluding hydrogens is 495 g/mol. The Hall–Kier alpha value is -4.08. The van der Waals surface area contributed by atoms with Crippen molar-refractivity contribution in [3.8, 4) is 11.6 Å². The fraction of sp³-hybridized carbons (Fsp3) is 0.263. The van der Waals surface area contributed by atoms with Gasteiger partial charge in [0.15, 0.2) is 21.5 Å². The van der Waals surface area contributed by atoms with Crippen LogP contribution in [0, 0.1) is 0 Å². The summed E-state index contributed by atoms with van der Waals surface area (Å²) in [7, 11) is -2.54. The zero-order chi connectivity index (χ0) is 26.0. The summed E-state index contributed by atoms with van der Waals surface area (Å²) in [6.45, 7) is 1.51. The van der Waals surface area contributed by atoms with Crippen molar-refractivity contribution in [2.75, 3.05) is 13.3 Å². The summed E-state index contributed by atoms with van der Waals surface area (Å²) < 4.78 is 66.9. The van der Waals surface area contributed by atoms with Gasteiger partial charge in [-0.3, -0.25) is 9.59 Å². The molecular formula is C19H18F3N7O5S. The molecule has 0 radical (unpaired) electrons. The van der Waals surface area contributed by atoms with Crippen molar-refractivity contribution in [1.82, 2.24) is 35.4 Å². The lowest BCUT2D eigenvalue weighted by Gasteiger charge is -2.16. The van der Waals surface area contributed by atoms with Gasteiger partial charge in [-0.25, -0.2) is 23.4 Å². The van der Waals surface area contributed by atoms with Crippen molar-refractivity contribution in [2.45, 2.75) is 24.2 Å². The molecule has 0 aliphatic carbocycles. The number of benzene rings is 1. The van der Waals surface area contributed by atoms with Crippen molar-refractivity contribution in [3.05, 3.63) is 54.0 Å². The fourth-order valence-electron chi connectivity index (χ4n) is 2.89. The predicted molar refractivity (Wildman–Crippen MR) is 112 cm³/mol. The number of carbonyl (C=O) groups is 2. The van der Waals surface area contributed by atoms with Gasteiger partial charge in [-0.2, -0.15) is 9.78 Å². The van der Waals surface area contributed by atoms with E-state index in [1.807, 2.05) is 0 Å². The second kappa shape index (κ2) is 9.65. The van der Waals surface area contributed by atoms with Crippen LogP contribution in [0.2, 0.25) is 0 Å². The van der Waals surface area contributed by atoms with Gasteiger partial charge >= 0.3 is 6.36 Å². The number of aromatic nitrogens is 5. The van der Waals surface area contributed by atoms with Crippen LogP contribution in [0.15, 0.2) is 41.8 Å². The Labute approximate surface area is 196 Å². The van der Waals surface area contributed by atoms with Crippen molar-refractivity contribution >= 4 is 21.7 Å². The van der Waals surface area contributed by atoms with Crippen molar-refractivity contribution in [3.63, 3.8) is 0 Å². The van der Waals surface area contributed by atoms with E-state index in [1.54, 1.807) is 0 Å². The van der Waals surface area contributed by atoms with Gasteiger partial charge < -0.3 is 15.4 Å². The maximum absolute atomic E-state index is 12.8. The molecule has 0 saturated carbocycles. The number of halogens is 3. The number of hydrogen-bond donors (Lipinski definition) is 2. The molecule has 0 unspecified atom stereocenters. The Morgan fingerprint density at radius 2 is 1.77 bits per heavy atom. The summed E-state index contributed by atoms with van der Waals surface area (Å²) in [5, 5.41) is 8.95. The smallest absolute Gasteiger partial charge is 0.406 e. The highest BCUT2D eigenvalue weighted by atomic mass is 32.2. The molecule has 0 aliphatic heterocycles. The summed E-state index contributed by atoms with van der Waals surface area (Å²) in [4.78, 5) is 36.0. The summed E-state index contributed by atoms with van der Waals surface area (Å²) in [5.74, 6) is -1.93. The average Bonchev–Trinajstić information content (AvgIpc) is 3.27. The number of hydrogen-bond acceptors (Lipinski definition) is 9. The largest absolute Gasteiger partial charge is 0.573 e. The third kappa shape index (κ3) is 6.28. The molecule has 2 amide bonds. The minimum Gasteiger partial charge on any atom is -0.406 e. The Morgan fingerprint density at radius 3 is 2.40 bits per heavy atom. The van der Waals surface area contributed by atoms with E-state index in [-0.39, 0.29) is 17.3 Å². The Kier molecular flexibility index (Phi) is 7.04. The molecule has 2 heterocycles. The summed E-state index contributed by atoms with van der Waals surface area (Å²) in [6.07, 6.45) is -2.02. The van der Waals surface area contributed by atoms with Crippen molar-refractivity contribution in [2.24, 2.45) is 0 Å². The van der Waals surface area contributed by atoms with Gasteiger partial charge in [-0.15, -0.1) is 13.2 Å². The minimum atomic E-state index is -5.10. The molecule has 3 aromatic rings. The summed E-state index contributed by atoms with van der Waals surface area (Å²) >= 11 is 0. The highest BCUT2D eigenvalue weighted by Crippen LogP contribution is 2.27. The quantitative estimate of drug-likeness (QED) is 0.474. The van der Waals surface area contributed by atoms with Gasteiger partial charge in [0.1, 0.15) is 24.1 Å². The van der Waals surface area contributed by atoms with E-state index < -0.39 is 50.3 Å². The van der Waals surface area contributed by atoms with Crippen LogP contribution >= 0.6 is 0 Å². The second-order valence-electron chi connectivity index (χ2n) is 7.08. The Morgan fingerprint density at radius 1 is 1.06 bits per heavy atom. The normalized spacial score (nSPS) is 12.6. The van der Waals surface area contributed by atoms with E-state index in [0.29, 0.717) is 6.07 Å². The first-order valence-electron chi connectivity index (χ1n) is 9.64. The van der Waals surface area contributed by atoms with Gasteiger partial charge in [0, 0.05) is 24.9 Å². The number of alkyl halides is 3. The zero-order valence-corrected chi connectivity index (χ0v) is 19.2.